The SMILES string of the molecule is O=C1/C(=C\c2ccco2)N=C(c2ccccc2)N1c1cccc(Br)c1. The molecule has 0 atom stereocenters. The van der Waals surface area contributed by atoms with Crippen LogP contribution in [0, 0.1) is 0 Å². The molecule has 4 rings (SSSR count). The summed E-state index contributed by atoms with van der Waals surface area (Å²) in [7, 11) is 0. The Labute approximate surface area is 153 Å². The second-order valence-corrected chi connectivity index (χ2v) is 6.38. The first-order chi connectivity index (χ1) is 12.2. The van der Waals surface area contributed by atoms with Gasteiger partial charge in [-0.2, -0.15) is 0 Å². The van der Waals surface area contributed by atoms with Gasteiger partial charge < -0.3 is 4.42 Å². The molecule has 0 bridgehead atoms. The summed E-state index contributed by atoms with van der Waals surface area (Å²) in [4.78, 5) is 19.2. The van der Waals surface area contributed by atoms with Crippen LogP contribution in [0.25, 0.3) is 6.08 Å². The molecule has 3 aromatic rings. The number of carbonyl (C=O) groups excluding carboxylic acids is 1. The number of carbonyl (C=O) groups is 1. The van der Waals surface area contributed by atoms with E-state index in [-0.39, 0.29) is 5.91 Å². The fourth-order valence-corrected chi connectivity index (χ4v) is 3.05. The van der Waals surface area contributed by atoms with Gasteiger partial charge in [-0.25, -0.2) is 4.99 Å². The molecule has 0 radical (unpaired) electrons. The van der Waals surface area contributed by atoms with Gasteiger partial charge in [0.15, 0.2) is 0 Å². The molecule has 0 aliphatic carbocycles. The van der Waals surface area contributed by atoms with Crippen molar-refractivity contribution < 1.29 is 9.21 Å². The summed E-state index contributed by atoms with van der Waals surface area (Å²) in [5.74, 6) is 1.01. The van der Waals surface area contributed by atoms with Crippen molar-refractivity contribution in [3.63, 3.8) is 0 Å². The van der Waals surface area contributed by atoms with Crippen LogP contribution in [0.2, 0.25) is 0 Å². The maximum atomic E-state index is 13.0. The van der Waals surface area contributed by atoms with Crippen LogP contribution in [0.4, 0.5) is 5.69 Å². The predicted octanol–water partition coefficient (Wildman–Crippen LogP) is 4.88. The highest BCUT2D eigenvalue weighted by atomic mass is 79.9. The first kappa shape index (κ1) is 15.6. The van der Waals surface area contributed by atoms with Gasteiger partial charge in [0.1, 0.15) is 17.3 Å². The van der Waals surface area contributed by atoms with Gasteiger partial charge in [0.05, 0.1) is 12.0 Å². The molecule has 25 heavy (non-hydrogen) atoms. The van der Waals surface area contributed by atoms with Crippen LogP contribution in [-0.2, 0) is 4.79 Å². The van der Waals surface area contributed by atoms with Gasteiger partial charge in [0.25, 0.3) is 5.91 Å². The van der Waals surface area contributed by atoms with Crippen molar-refractivity contribution in [3.05, 3.63) is 94.5 Å². The highest BCUT2D eigenvalue weighted by molar-refractivity contribution is 9.10. The van der Waals surface area contributed by atoms with Crippen LogP contribution < -0.4 is 4.90 Å². The van der Waals surface area contributed by atoms with Crippen LogP contribution in [0.15, 0.2) is 92.6 Å². The minimum atomic E-state index is -0.187. The summed E-state index contributed by atoms with van der Waals surface area (Å²) in [6, 6.07) is 20.8. The van der Waals surface area contributed by atoms with E-state index in [4.69, 9.17) is 4.42 Å². The number of anilines is 1. The average molecular weight is 393 g/mol. The smallest absolute Gasteiger partial charge is 0.282 e. The number of halogens is 1. The Bertz CT molecular complexity index is 976. The lowest BCUT2D eigenvalue weighted by molar-refractivity contribution is -0.113. The van der Waals surface area contributed by atoms with E-state index in [2.05, 4.69) is 20.9 Å². The first-order valence-corrected chi connectivity index (χ1v) is 8.51. The number of rotatable bonds is 3. The predicted molar refractivity (Wildman–Crippen MR) is 101 cm³/mol. The van der Waals surface area contributed by atoms with Crippen molar-refractivity contribution >= 4 is 39.4 Å². The minimum Gasteiger partial charge on any atom is -0.465 e. The van der Waals surface area contributed by atoms with Crippen molar-refractivity contribution in [3.8, 4) is 0 Å². The molecule has 1 aromatic heterocycles. The number of hydrogen-bond donors (Lipinski definition) is 0. The molecule has 0 N–H and O–H groups in total. The van der Waals surface area contributed by atoms with Gasteiger partial charge in [-0.1, -0.05) is 52.3 Å². The molecule has 122 valence electrons. The number of amides is 1. The third-order valence-corrected chi connectivity index (χ3v) is 4.27. The zero-order valence-electron chi connectivity index (χ0n) is 13.1. The van der Waals surface area contributed by atoms with Crippen LogP contribution in [0.5, 0.6) is 0 Å². The van der Waals surface area contributed by atoms with Crippen molar-refractivity contribution in [2.75, 3.05) is 4.90 Å². The topological polar surface area (TPSA) is 45.8 Å². The van der Waals surface area contributed by atoms with Crippen molar-refractivity contribution in [2.24, 2.45) is 4.99 Å². The molecule has 1 aliphatic rings. The minimum absolute atomic E-state index is 0.187. The first-order valence-electron chi connectivity index (χ1n) is 7.72. The molecule has 0 saturated carbocycles. The lowest BCUT2D eigenvalue weighted by Crippen LogP contribution is -2.32. The molecule has 5 heteroatoms. The highest BCUT2D eigenvalue weighted by Crippen LogP contribution is 2.29. The number of nitrogens with zero attached hydrogens (tertiary/aromatic N) is 2. The molecule has 0 fully saturated rings. The highest BCUT2D eigenvalue weighted by Gasteiger charge is 2.32. The second-order valence-electron chi connectivity index (χ2n) is 5.47. The summed E-state index contributed by atoms with van der Waals surface area (Å²) in [6.07, 6.45) is 3.23. The maximum absolute atomic E-state index is 13.0. The van der Waals surface area contributed by atoms with E-state index in [1.54, 1.807) is 29.4 Å². The fourth-order valence-electron chi connectivity index (χ4n) is 2.66. The van der Waals surface area contributed by atoms with E-state index in [1.807, 2.05) is 54.6 Å². The van der Waals surface area contributed by atoms with Gasteiger partial charge >= 0.3 is 0 Å². The van der Waals surface area contributed by atoms with Gasteiger partial charge in [-0.05, 0) is 30.3 Å². The van der Waals surface area contributed by atoms with E-state index in [0.717, 1.165) is 15.7 Å². The van der Waals surface area contributed by atoms with Crippen molar-refractivity contribution in [1.29, 1.82) is 0 Å². The molecule has 1 aliphatic heterocycles. The average Bonchev–Trinajstić information content (AvgIpc) is 3.25. The molecular weight excluding hydrogens is 380 g/mol. The molecule has 4 nitrogen and oxygen atoms in total. The van der Waals surface area contributed by atoms with E-state index in [1.165, 1.54) is 0 Å². The Hall–Kier alpha value is -2.92. The van der Waals surface area contributed by atoms with Crippen LogP contribution in [0.1, 0.15) is 11.3 Å². The molecule has 2 aromatic carbocycles. The fraction of sp³-hybridized carbons (Fsp3) is 0. The quantitative estimate of drug-likeness (QED) is 0.596. The zero-order valence-corrected chi connectivity index (χ0v) is 14.7. The number of hydrogen-bond acceptors (Lipinski definition) is 3. The Morgan fingerprint density at radius 2 is 1.84 bits per heavy atom. The Balaban J connectivity index is 1.84. The largest absolute Gasteiger partial charge is 0.465 e. The van der Waals surface area contributed by atoms with Gasteiger partial charge in [-0.15, -0.1) is 0 Å². The van der Waals surface area contributed by atoms with Crippen molar-refractivity contribution in [1.82, 2.24) is 0 Å². The lowest BCUT2D eigenvalue weighted by atomic mass is 10.2. The van der Waals surface area contributed by atoms with E-state index < -0.39 is 0 Å². The number of furan rings is 1. The Kier molecular flexibility index (Phi) is 4.07. The summed E-state index contributed by atoms with van der Waals surface area (Å²) in [6.45, 7) is 0. The monoisotopic (exact) mass is 392 g/mol. The number of aliphatic imine (C=N–C) groups is 1. The summed E-state index contributed by atoms with van der Waals surface area (Å²) >= 11 is 3.46. The molecule has 0 saturated heterocycles. The van der Waals surface area contributed by atoms with Crippen LogP contribution >= 0.6 is 15.9 Å². The van der Waals surface area contributed by atoms with E-state index in [9.17, 15) is 4.79 Å². The van der Waals surface area contributed by atoms with Crippen LogP contribution in [-0.4, -0.2) is 11.7 Å². The summed E-state index contributed by atoms with van der Waals surface area (Å²) in [5, 5.41) is 0. The van der Waals surface area contributed by atoms with Gasteiger partial charge in [-0.3, -0.25) is 9.69 Å². The van der Waals surface area contributed by atoms with Gasteiger partial charge in [0, 0.05) is 16.1 Å². The Morgan fingerprint density at radius 3 is 2.56 bits per heavy atom. The standard InChI is InChI=1S/C20H13BrN2O2/c21-15-8-4-9-16(12-15)23-19(14-6-2-1-3-7-14)22-18(20(23)24)13-17-10-5-11-25-17/h1-13H/b18-13+. The van der Waals surface area contributed by atoms with Gasteiger partial charge in [0.2, 0.25) is 0 Å². The molecule has 2 heterocycles. The second kappa shape index (κ2) is 6.53. The molecule has 0 spiro atoms. The maximum Gasteiger partial charge on any atom is 0.282 e. The molecular formula is C20H13BrN2O2. The number of amidine groups is 1. The third kappa shape index (κ3) is 3.06. The lowest BCUT2D eigenvalue weighted by Gasteiger charge is -2.18. The normalized spacial score (nSPS) is 15.7. The third-order valence-electron chi connectivity index (χ3n) is 3.78. The zero-order chi connectivity index (χ0) is 17.2. The Morgan fingerprint density at radius 1 is 1.00 bits per heavy atom. The molecule has 1 amide bonds. The van der Waals surface area contributed by atoms with Crippen LogP contribution in [0.3, 0.4) is 0 Å². The summed E-state index contributed by atoms with van der Waals surface area (Å²) in [5.41, 5.74) is 1.97. The summed E-state index contributed by atoms with van der Waals surface area (Å²) < 4.78 is 6.22. The van der Waals surface area contributed by atoms with E-state index in [0.29, 0.717) is 17.3 Å². The van der Waals surface area contributed by atoms with Crippen molar-refractivity contribution in [2.45, 2.75) is 0 Å². The van der Waals surface area contributed by atoms with E-state index >= 15 is 0 Å². The number of benzene rings is 2. The molecule has 0 unspecified atom stereocenters.